The van der Waals surface area contributed by atoms with Gasteiger partial charge in [-0.05, 0) is 52.1 Å². The monoisotopic (exact) mass is 303 g/mol. The third kappa shape index (κ3) is 3.68. The molecule has 1 aromatic rings. The average Bonchev–Trinajstić information content (AvgIpc) is 2.23. The van der Waals surface area contributed by atoms with Crippen molar-refractivity contribution in [3.8, 4) is 0 Å². The van der Waals surface area contributed by atoms with Crippen LogP contribution < -0.4 is 10.5 Å². The van der Waals surface area contributed by atoms with Crippen LogP contribution >= 0.6 is 0 Å². The Morgan fingerprint density at radius 3 is 2.45 bits per heavy atom. The number of sulfonamides is 1. The molecule has 114 valence electrons. The quantitative estimate of drug-likeness (QED) is 0.803. The Balaban J connectivity index is 3.20. The maximum Gasteiger partial charge on any atom is 0.241 e. The molecule has 0 fully saturated rings. The van der Waals surface area contributed by atoms with Crippen molar-refractivity contribution in [2.45, 2.75) is 31.7 Å². The second-order valence-electron chi connectivity index (χ2n) is 5.33. The number of rotatable bonds is 5. The minimum atomic E-state index is -3.73. The molecule has 1 aromatic carbocycles. The lowest BCUT2D eigenvalue weighted by molar-refractivity contribution is 0.370. The van der Waals surface area contributed by atoms with Crippen LogP contribution in [-0.4, -0.2) is 40.0 Å². The smallest absolute Gasteiger partial charge is 0.241 e. The van der Waals surface area contributed by atoms with Crippen LogP contribution in [0, 0.1) is 19.7 Å². The molecule has 0 amide bonds. The van der Waals surface area contributed by atoms with E-state index < -0.39 is 15.8 Å². The molecule has 0 aromatic heterocycles. The number of hydrogen-bond acceptors (Lipinski definition) is 4. The second-order valence-corrected chi connectivity index (χ2v) is 6.98. The fraction of sp³-hybridized carbons (Fsp3) is 0.538. The Bertz CT molecular complexity index is 600. The van der Waals surface area contributed by atoms with Crippen LogP contribution in [-0.2, 0) is 10.0 Å². The highest BCUT2D eigenvalue weighted by atomic mass is 32.2. The number of anilines is 1. The lowest BCUT2D eigenvalue weighted by Gasteiger charge is -2.20. The molecule has 1 atom stereocenters. The normalized spacial score (nSPS) is 13.8. The molecule has 5 nitrogen and oxygen atoms in total. The van der Waals surface area contributed by atoms with Crippen LogP contribution in [0.25, 0.3) is 0 Å². The lowest BCUT2D eigenvalue weighted by atomic mass is 10.1. The number of halogens is 1. The molecule has 0 spiro atoms. The minimum Gasteiger partial charge on any atom is -0.396 e. The number of nitrogen functional groups attached to an aromatic ring is 1. The van der Waals surface area contributed by atoms with E-state index >= 15 is 0 Å². The zero-order valence-electron chi connectivity index (χ0n) is 12.5. The summed E-state index contributed by atoms with van der Waals surface area (Å²) in [5, 5.41) is 0. The van der Waals surface area contributed by atoms with Gasteiger partial charge in [-0.1, -0.05) is 0 Å². The summed E-state index contributed by atoms with van der Waals surface area (Å²) in [6, 6.07) is 0.883. The van der Waals surface area contributed by atoms with Crippen molar-refractivity contribution in [3.05, 3.63) is 23.0 Å². The fourth-order valence-corrected chi connectivity index (χ4v) is 3.97. The minimum absolute atomic E-state index is 0.0574. The topological polar surface area (TPSA) is 75.4 Å². The summed E-state index contributed by atoms with van der Waals surface area (Å²) in [6.45, 7) is 5.40. The molecule has 1 unspecified atom stereocenters. The van der Waals surface area contributed by atoms with E-state index in [-0.39, 0.29) is 22.2 Å². The van der Waals surface area contributed by atoms with Crippen LogP contribution in [0.4, 0.5) is 10.1 Å². The molecule has 0 aliphatic carbocycles. The Kier molecular flexibility index (Phi) is 5.12. The van der Waals surface area contributed by atoms with Crippen LogP contribution in [0.2, 0.25) is 0 Å². The largest absolute Gasteiger partial charge is 0.396 e. The molecule has 0 aliphatic heterocycles. The van der Waals surface area contributed by atoms with Crippen molar-refractivity contribution in [1.82, 2.24) is 9.62 Å². The molecule has 20 heavy (non-hydrogen) atoms. The van der Waals surface area contributed by atoms with Gasteiger partial charge < -0.3 is 10.6 Å². The molecule has 0 aliphatic rings. The summed E-state index contributed by atoms with van der Waals surface area (Å²) in [5.74, 6) is -0.597. The van der Waals surface area contributed by atoms with Gasteiger partial charge in [0.15, 0.2) is 0 Å². The predicted octanol–water partition coefficient (Wildman–Crippen LogP) is 1.25. The standard InChI is InChI=1S/C13H22FN3O2S/c1-8-6-11(14)12(15)10(3)13(8)20(18,19)16-9(2)7-17(4)5/h6,9,16H,7,15H2,1-5H3. The number of benzene rings is 1. The van der Waals surface area contributed by atoms with Crippen LogP contribution in [0.15, 0.2) is 11.0 Å². The van der Waals surface area contributed by atoms with E-state index in [9.17, 15) is 12.8 Å². The zero-order valence-corrected chi connectivity index (χ0v) is 13.3. The van der Waals surface area contributed by atoms with Gasteiger partial charge in [-0.25, -0.2) is 17.5 Å². The van der Waals surface area contributed by atoms with Crippen molar-refractivity contribution in [1.29, 1.82) is 0 Å². The zero-order chi connectivity index (χ0) is 15.7. The summed E-state index contributed by atoms with van der Waals surface area (Å²) >= 11 is 0. The van der Waals surface area contributed by atoms with Gasteiger partial charge in [0.05, 0.1) is 10.6 Å². The first-order valence-corrected chi connectivity index (χ1v) is 7.76. The Labute approximate surface area is 120 Å². The van der Waals surface area contributed by atoms with Gasteiger partial charge in [-0.15, -0.1) is 0 Å². The summed E-state index contributed by atoms with van der Waals surface area (Å²) in [7, 11) is -0.0124. The van der Waals surface area contributed by atoms with Crippen molar-refractivity contribution in [3.63, 3.8) is 0 Å². The van der Waals surface area contributed by atoms with E-state index in [0.717, 1.165) is 6.07 Å². The SMILES string of the molecule is Cc1cc(F)c(N)c(C)c1S(=O)(=O)NC(C)CN(C)C. The van der Waals surface area contributed by atoms with Crippen molar-refractivity contribution < 1.29 is 12.8 Å². The van der Waals surface area contributed by atoms with Crippen molar-refractivity contribution in [2.75, 3.05) is 26.4 Å². The maximum atomic E-state index is 13.5. The van der Waals surface area contributed by atoms with E-state index in [2.05, 4.69) is 4.72 Å². The van der Waals surface area contributed by atoms with Crippen LogP contribution in [0.5, 0.6) is 0 Å². The first kappa shape index (κ1) is 16.9. The molecule has 3 N–H and O–H groups in total. The van der Waals surface area contributed by atoms with Crippen LogP contribution in [0.1, 0.15) is 18.1 Å². The highest BCUT2D eigenvalue weighted by molar-refractivity contribution is 7.89. The maximum absolute atomic E-state index is 13.5. The van der Waals surface area contributed by atoms with E-state index in [4.69, 9.17) is 5.73 Å². The van der Waals surface area contributed by atoms with E-state index in [1.165, 1.54) is 6.92 Å². The molecular weight excluding hydrogens is 281 g/mol. The molecule has 0 saturated heterocycles. The molecule has 0 radical (unpaired) electrons. The summed E-state index contributed by atoms with van der Waals surface area (Å²) < 4.78 is 40.9. The third-order valence-corrected chi connectivity index (χ3v) is 4.85. The van der Waals surface area contributed by atoms with Gasteiger partial charge in [0.25, 0.3) is 0 Å². The van der Waals surface area contributed by atoms with E-state index in [1.54, 1.807) is 13.8 Å². The number of aryl methyl sites for hydroxylation is 1. The number of nitrogens with one attached hydrogen (secondary N) is 1. The molecule has 1 rings (SSSR count). The number of nitrogens with zero attached hydrogens (tertiary/aromatic N) is 1. The van der Waals surface area contributed by atoms with Gasteiger partial charge in [-0.2, -0.15) is 0 Å². The predicted molar refractivity (Wildman–Crippen MR) is 78.6 cm³/mol. The fourth-order valence-electron chi connectivity index (χ4n) is 2.25. The number of hydrogen-bond donors (Lipinski definition) is 2. The molecular formula is C13H22FN3O2S. The Morgan fingerprint density at radius 2 is 1.95 bits per heavy atom. The van der Waals surface area contributed by atoms with Gasteiger partial charge in [0, 0.05) is 12.6 Å². The summed E-state index contributed by atoms with van der Waals surface area (Å²) in [6.07, 6.45) is 0. The highest BCUT2D eigenvalue weighted by Crippen LogP contribution is 2.27. The summed E-state index contributed by atoms with van der Waals surface area (Å²) in [5.41, 5.74) is 6.04. The van der Waals surface area contributed by atoms with E-state index in [1.807, 2.05) is 19.0 Å². The molecule has 7 heteroatoms. The Morgan fingerprint density at radius 1 is 1.40 bits per heavy atom. The molecule has 0 bridgehead atoms. The molecule has 0 saturated carbocycles. The van der Waals surface area contributed by atoms with Gasteiger partial charge in [0.1, 0.15) is 5.82 Å². The number of likely N-dealkylation sites (N-methyl/N-ethyl adjacent to an activating group) is 1. The van der Waals surface area contributed by atoms with Crippen molar-refractivity contribution in [2.24, 2.45) is 0 Å². The van der Waals surface area contributed by atoms with Crippen molar-refractivity contribution >= 4 is 15.7 Å². The summed E-state index contributed by atoms with van der Waals surface area (Å²) in [4.78, 5) is 1.94. The highest BCUT2D eigenvalue weighted by Gasteiger charge is 2.24. The Hall–Kier alpha value is -1.18. The van der Waals surface area contributed by atoms with E-state index in [0.29, 0.717) is 12.1 Å². The van der Waals surface area contributed by atoms with Gasteiger partial charge in [-0.3, -0.25) is 0 Å². The second kappa shape index (κ2) is 6.07. The molecule has 0 heterocycles. The first-order chi connectivity index (χ1) is 9.06. The third-order valence-electron chi connectivity index (χ3n) is 2.97. The van der Waals surface area contributed by atoms with Crippen LogP contribution in [0.3, 0.4) is 0 Å². The van der Waals surface area contributed by atoms with Gasteiger partial charge >= 0.3 is 0 Å². The lowest BCUT2D eigenvalue weighted by Crippen LogP contribution is -2.40. The van der Waals surface area contributed by atoms with Gasteiger partial charge in [0.2, 0.25) is 10.0 Å². The average molecular weight is 303 g/mol. The first-order valence-electron chi connectivity index (χ1n) is 6.28. The number of nitrogens with two attached hydrogens (primary N) is 1.